The molecule has 0 radical (unpaired) electrons. The van der Waals surface area contributed by atoms with Gasteiger partial charge in [-0.2, -0.15) is 5.10 Å². The van der Waals surface area contributed by atoms with Crippen molar-refractivity contribution < 1.29 is 13.9 Å². The maximum Gasteiger partial charge on any atom is 0.191 e. The van der Waals surface area contributed by atoms with Crippen molar-refractivity contribution >= 4 is 5.96 Å². The van der Waals surface area contributed by atoms with Crippen molar-refractivity contribution in [1.29, 1.82) is 0 Å². The first-order chi connectivity index (χ1) is 15.5. The number of guanidine groups is 1. The summed E-state index contributed by atoms with van der Waals surface area (Å²) in [6.07, 6.45) is 0. The third kappa shape index (κ3) is 6.27. The number of methoxy groups -OCH3 is 1. The second-order valence-electron chi connectivity index (χ2n) is 7.89. The number of nitrogens with zero attached hydrogens (tertiary/aromatic N) is 4. The van der Waals surface area contributed by atoms with Crippen molar-refractivity contribution in [2.75, 3.05) is 53.6 Å². The first-order valence-corrected chi connectivity index (χ1v) is 11.1. The molecule has 0 amide bonds. The van der Waals surface area contributed by atoms with E-state index in [9.17, 15) is 4.39 Å². The Hall–Kier alpha value is -2.49. The molecule has 0 bridgehead atoms. The van der Waals surface area contributed by atoms with Crippen LogP contribution in [0.25, 0.3) is 0 Å². The highest BCUT2D eigenvalue weighted by Gasteiger charge is 2.23. The van der Waals surface area contributed by atoms with E-state index in [2.05, 4.69) is 32.5 Å². The van der Waals surface area contributed by atoms with Gasteiger partial charge in [-0.05, 0) is 31.5 Å². The maximum absolute atomic E-state index is 13.5. The van der Waals surface area contributed by atoms with Crippen LogP contribution in [0.2, 0.25) is 0 Å². The third-order valence-electron chi connectivity index (χ3n) is 5.90. The molecule has 1 unspecified atom stereocenters. The van der Waals surface area contributed by atoms with E-state index in [-0.39, 0.29) is 11.9 Å². The van der Waals surface area contributed by atoms with Crippen molar-refractivity contribution in [3.05, 3.63) is 52.6 Å². The molecular formula is C23H35FN6O2. The van der Waals surface area contributed by atoms with Crippen molar-refractivity contribution in [2.24, 2.45) is 4.99 Å². The normalized spacial score (nSPS) is 16.2. The molecule has 9 heteroatoms. The molecule has 2 aromatic rings. The number of aryl methyl sites for hydroxylation is 1. The van der Waals surface area contributed by atoms with Crippen LogP contribution in [0.15, 0.2) is 29.3 Å². The summed E-state index contributed by atoms with van der Waals surface area (Å²) in [7, 11) is 3.46. The van der Waals surface area contributed by atoms with Gasteiger partial charge in [0.2, 0.25) is 0 Å². The number of morpholine rings is 1. The summed E-state index contributed by atoms with van der Waals surface area (Å²) in [5, 5.41) is 11.5. The minimum Gasteiger partial charge on any atom is -0.383 e. The summed E-state index contributed by atoms with van der Waals surface area (Å²) in [4.78, 5) is 6.75. The van der Waals surface area contributed by atoms with Crippen LogP contribution < -0.4 is 10.6 Å². The first-order valence-electron chi connectivity index (χ1n) is 11.1. The summed E-state index contributed by atoms with van der Waals surface area (Å²) >= 11 is 0. The maximum atomic E-state index is 13.5. The third-order valence-corrected chi connectivity index (χ3v) is 5.90. The molecule has 1 atom stereocenters. The average molecular weight is 447 g/mol. The van der Waals surface area contributed by atoms with Crippen molar-refractivity contribution in [1.82, 2.24) is 25.3 Å². The highest BCUT2D eigenvalue weighted by Crippen LogP contribution is 2.21. The summed E-state index contributed by atoms with van der Waals surface area (Å²) in [5.74, 6) is 0.491. The van der Waals surface area contributed by atoms with Gasteiger partial charge in [-0.25, -0.2) is 4.39 Å². The van der Waals surface area contributed by atoms with Gasteiger partial charge in [0.1, 0.15) is 5.82 Å². The van der Waals surface area contributed by atoms with E-state index in [1.807, 2.05) is 23.7 Å². The highest BCUT2D eigenvalue weighted by atomic mass is 19.1. The van der Waals surface area contributed by atoms with E-state index >= 15 is 0 Å². The van der Waals surface area contributed by atoms with Crippen LogP contribution in [0.1, 0.15) is 28.6 Å². The summed E-state index contributed by atoms with van der Waals surface area (Å²) in [6, 6.07) is 6.84. The minimum absolute atomic E-state index is 0.0957. The smallest absolute Gasteiger partial charge is 0.191 e. The average Bonchev–Trinajstić information content (AvgIpc) is 3.08. The number of halogens is 1. The van der Waals surface area contributed by atoms with E-state index < -0.39 is 0 Å². The van der Waals surface area contributed by atoms with Gasteiger partial charge in [0.15, 0.2) is 5.96 Å². The van der Waals surface area contributed by atoms with Gasteiger partial charge in [-0.1, -0.05) is 12.1 Å². The van der Waals surface area contributed by atoms with Gasteiger partial charge in [-0.3, -0.25) is 14.6 Å². The van der Waals surface area contributed by atoms with Crippen LogP contribution in [-0.4, -0.2) is 74.3 Å². The molecule has 1 aromatic heterocycles. The van der Waals surface area contributed by atoms with Crippen LogP contribution in [0.5, 0.6) is 0 Å². The molecule has 1 aliphatic heterocycles. The van der Waals surface area contributed by atoms with Crippen LogP contribution in [0.3, 0.4) is 0 Å². The van der Waals surface area contributed by atoms with Crippen LogP contribution in [0.4, 0.5) is 4.39 Å². The fourth-order valence-corrected chi connectivity index (χ4v) is 4.00. The van der Waals surface area contributed by atoms with E-state index in [1.54, 1.807) is 14.2 Å². The van der Waals surface area contributed by atoms with Crippen molar-refractivity contribution in [3.8, 4) is 0 Å². The lowest BCUT2D eigenvalue weighted by molar-refractivity contribution is 0.0170. The fourth-order valence-electron chi connectivity index (χ4n) is 4.00. The Balaban J connectivity index is 1.63. The van der Waals surface area contributed by atoms with Crippen molar-refractivity contribution in [3.63, 3.8) is 0 Å². The zero-order valence-corrected chi connectivity index (χ0v) is 19.5. The number of benzene rings is 1. The van der Waals surface area contributed by atoms with Gasteiger partial charge in [0, 0.05) is 51.6 Å². The molecule has 0 aliphatic carbocycles. The van der Waals surface area contributed by atoms with E-state index in [4.69, 9.17) is 9.47 Å². The molecule has 2 N–H and O–H groups in total. The standard InChI is InChI=1S/C23H35FN6O2/c1-17-21(18(2)30(28-17)11-12-31-4)15-26-23(25-3)27-16-22(29-9-13-32-14-10-29)19-5-7-20(24)8-6-19/h5-8,22H,9-16H2,1-4H3,(H2,25,26,27). The molecule has 1 fully saturated rings. The molecular weight excluding hydrogens is 411 g/mol. The molecule has 0 saturated carbocycles. The Bertz CT molecular complexity index is 877. The van der Waals surface area contributed by atoms with Gasteiger partial charge in [0.05, 0.1) is 38.1 Å². The zero-order valence-electron chi connectivity index (χ0n) is 19.5. The van der Waals surface area contributed by atoms with E-state index in [0.29, 0.717) is 38.9 Å². The number of aromatic nitrogens is 2. The second kappa shape index (κ2) is 11.9. The molecule has 176 valence electrons. The lowest BCUT2D eigenvalue weighted by Gasteiger charge is -2.35. The SMILES string of the molecule is CN=C(NCc1c(C)nn(CCOC)c1C)NCC(c1ccc(F)cc1)N1CCOCC1. The quantitative estimate of drug-likeness (QED) is 0.454. The molecule has 8 nitrogen and oxygen atoms in total. The molecule has 1 aliphatic rings. The van der Waals surface area contributed by atoms with Crippen LogP contribution >= 0.6 is 0 Å². The number of aliphatic imine (C=N–C) groups is 1. The molecule has 0 spiro atoms. The van der Waals surface area contributed by atoms with Crippen molar-refractivity contribution in [2.45, 2.75) is 33.0 Å². The van der Waals surface area contributed by atoms with Crippen LogP contribution in [0, 0.1) is 19.7 Å². The molecule has 1 aromatic carbocycles. The lowest BCUT2D eigenvalue weighted by atomic mass is 10.0. The Morgan fingerprint density at radius 3 is 2.59 bits per heavy atom. The molecule has 32 heavy (non-hydrogen) atoms. The Morgan fingerprint density at radius 2 is 1.94 bits per heavy atom. The number of hydrogen-bond acceptors (Lipinski definition) is 5. The Labute approximate surface area is 189 Å². The number of nitrogens with one attached hydrogen (secondary N) is 2. The lowest BCUT2D eigenvalue weighted by Crippen LogP contribution is -2.46. The Morgan fingerprint density at radius 1 is 1.22 bits per heavy atom. The highest BCUT2D eigenvalue weighted by molar-refractivity contribution is 5.79. The van der Waals surface area contributed by atoms with Gasteiger partial charge in [-0.15, -0.1) is 0 Å². The summed E-state index contributed by atoms with van der Waals surface area (Å²) < 4.78 is 26.1. The monoisotopic (exact) mass is 446 g/mol. The number of hydrogen-bond donors (Lipinski definition) is 2. The summed E-state index contributed by atoms with van der Waals surface area (Å²) in [6.45, 7) is 9.83. The predicted molar refractivity (Wildman–Crippen MR) is 123 cm³/mol. The topological polar surface area (TPSA) is 75.9 Å². The van der Waals surface area contributed by atoms with E-state index in [0.717, 1.165) is 42.1 Å². The van der Waals surface area contributed by atoms with Gasteiger partial charge in [0.25, 0.3) is 0 Å². The first kappa shape index (κ1) is 24.2. The van der Waals surface area contributed by atoms with Gasteiger partial charge >= 0.3 is 0 Å². The predicted octanol–water partition coefficient (Wildman–Crippen LogP) is 2.02. The molecule has 2 heterocycles. The van der Waals surface area contributed by atoms with Gasteiger partial charge < -0.3 is 20.1 Å². The number of ether oxygens (including phenoxy) is 2. The zero-order chi connectivity index (χ0) is 22.9. The minimum atomic E-state index is -0.225. The fraction of sp³-hybridized carbons (Fsp3) is 0.565. The van der Waals surface area contributed by atoms with E-state index in [1.165, 1.54) is 12.1 Å². The largest absolute Gasteiger partial charge is 0.383 e. The number of rotatable bonds is 9. The Kier molecular flexibility index (Phi) is 9.01. The molecule has 1 saturated heterocycles. The second-order valence-corrected chi connectivity index (χ2v) is 7.89. The van der Waals surface area contributed by atoms with Crippen LogP contribution in [-0.2, 0) is 22.6 Å². The molecule has 3 rings (SSSR count). The summed E-state index contributed by atoms with van der Waals surface area (Å²) in [5.41, 5.74) is 4.36.